The van der Waals surface area contributed by atoms with Crippen molar-refractivity contribution in [3.8, 4) is 0 Å². The summed E-state index contributed by atoms with van der Waals surface area (Å²) in [5.74, 6) is 0.510. The molecule has 2 N–H and O–H groups in total. The van der Waals surface area contributed by atoms with Crippen molar-refractivity contribution in [1.82, 2.24) is 5.32 Å². The number of carbonyl (C=O) groups excluding carboxylic acids is 1. The van der Waals surface area contributed by atoms with E-state index in [4.69, 9.17) is 11.6 Å². The molecule has 1 rings (SSSR count). The third kappa shape index (κ3) is 5.17. The third-order valence-electron chi connectivity index (χ3n) is 3.19. The van der Waals surface area contributed by atoms with Crippen LogP contribution in [-0.2, 0) is 4.79 Å². The van der Waals surface area contributed by atoms with Gasteiger partial charge in [0.15, 0.2) is 0 Å². The number of alkyl halides is 1. The van der Waals surface area contributed by atoms with Gasteiger partial charge in [0, 0.05) is 18.8 Å². The van der Waals surface area contributed by atoms with Crippen LogP contribution in [-0.4, -0.2) is 29.0 Å². The highest BCUT2D eigenvalue weighted by Crippen LogP contribution is 2.26. The van der Waals surface area contributed by atoms with E-state index in [9.17, 15) is 9.90 Å². The van der Waals surface area contributed by atoms with E-state index in [1.165, 1.54) is 12.8 Å². The third-order valence-corrected chi connectivity index (χ3v) is 3.45. The molecule has 0 unspecified atom stereocenters. The van der Waals surface area contributed by atoms with Gasteiger partial charge in [0.05, 0.1) is 5.60 Å². The van der Waals surface area contributed by atoms with E-state index < -0.39 is 5.60 Å². The van der Waals surface area contributed by atoms with Gasteiger partial charge < -0.3 is 10.4 Å². The molecule has 4 heteroatoms. The molecule has 1 aliphatic rings. The minimum Gasteiger partial charge on any atom is -0.388 e. The fourth-order valence-electron chi connectivity index (χ4n) is 2.14. The maximum atomic E-state index is 11.4. The van der Waals surface area contributed by atoms with Gasteiger partial charge >= 0.3 is 0 Å². The molecule has 16 heavy (non-hydrogen) atoms. The number of carbonyl (C=O) groups is 1. The van der Waals surface area contributed by atoms with Gasteiger partial charge in [-0.25, -0.2) is 0 Å². The van der Waals surface area contributed by atoms with E-state index in [1.807, 2.05) is 0 Å². The number of hydrogen-bond donors (Lipinski definition) is 2. The highest BCUT2D eigenvalue weighted by atomic mass is 35.5. The fraction of sp³-hybridized carbons (Fsp3) is 0.917. The molecule has 1 aliphatic carbocycles. The van der Waals surface area contributed by atoms with E-state index >= 15 is 0 Å². The number of nitrogens with one attached hydrogen (secondary N) is 1. The van der Waals surface area contributed by atoms with Crippen molar-refractivity contribution in [3.63, 3.8) is 0 Å². The summed E-state index contributed by atoms with van der Waals surface area (Å²) < 4.78 is 0. The molecule has 94 valence electrons. The van der Waals surface area contributed by atoms with E-state index in [1.54, 1.807) is 0 Å². The Morgan fingerprint density at radius 2 is 1.88 bits per heavy atom. The Morgan fingerprint density at radius 3 is 2.44 bits per heavy atom. The first kappa shape index (κ1) is 13.8. The predicted octanol–water partition coefficient (Wildman–Crippen LogP) is 2.21. The van der Waals surface area contributed by atoms with Crippen LogP contribution in [0.5, 0.6) is 0 Å². The van der Waals surface area contributed by atoms with Gasteiger partial charge in [-0.3, -0.25) is 4.79 Å². The SMILES string of the molecule is O=C(CCCCl)NCC1(O)CCCCCC1. The second-order valence-corrected chi connectivity index (χ2v) is 5.09. The Bertz CT molecular complexity index is 213. The first-order valence-corrected chi connectivity index (χ1v) is 6.75. The van der Waals surface area contributed by atoms with Gasteiger partial charge in [-0.2, -0.15) is 0 Å². The van der Waals surface area contributed by atoms with Crippen molar-refractivity contribution in [2.45, 2.75) is 57.0 Å². The van der Waals surface area contributed by atoms with Gasteiger partial charge in [-0.05, 0) is 19.3 Å². The van der Waals surface area contributed by atoms with Gasteiger partial charge in [-0.1, -0.05) is 25.7 Å². The molecule has 3 nitrogen and oxygen atoms in total. The molecule has 0 bridgehead atoms. The normalized spacial score (nSPS) is 20.1. The van der Waals surface area contributed by atoms with Crippen LogP contribution in [0.2, 0.25) is 0 Å². The lowest BCUT2D eigenvalue weighted by molar-refractivity contribution is -0.122. The number of amides is 1. The van der Waals surface area contributed by atoms with Crippen molar-refractivity contribution >= 4 is 17.5 Å². The molecular formula is C12H22ClNO2. The Labute approximate surface area is 103 Å². The topological polar surface area (TPSA) is 49.3 Å². The standard InChI is InChI=1S/C12H22ClNO2/c13-9-5-6-11(15)14-10-12(16)7-3-1-2-4-8-12/h16H,1-10H2,(H,14,15). The Balaban J connectivity index is 2.25. The molecule has 0 spiro atoms. The van der Waals surface area contributed by atoms with Crippen molar-refractivity contribution in [2.24, 2.45) is 0 Å². The summed E-state index contributed by atoms with van der Waals surface area (Å²) in [5, 5.41) is 13.1. The van der Waals surface area contributed by atoms with Gasteiger partial charge in [0.25, 0.3) is 0 Å². The number of halogens is 1. The van der Waals surface area contributed by atoms with Crippen LogP contribution in [0.15, 0.2) is 0 Å². The van der Waals surface area contributed by atoms with E-state index in [0.717, 1.165) is 25.7 Å². The second-order valence-electron chi connectivity index (χ2n) is 4.71. The van der Waals surface area contributed by atoms with Crippen molar-refractivity contribution in [3.05, 3.63) is 0 Å². The zero-order valence-electron chi connectivity index (χ0n) is 9.80. The number of aliphatic hydroxyl groups is 1. The average molecular weight is 248 g/mol. The van der Waals surface area contributed by atoms with E-state index in [-0.39, 0.29) is 5.91 Å². The zero-order chi connectivity index (χ0) is 11.9. The number of rotatable bonds is 5. The summed E-state index contributed by atoms with van der Waals surface area (Å²) in [4.78, 5) is 11.4. The van der Waals surface area contributed by atoms with E-state index in [2.05, 4.69) is 5.32 Å². The Hall–Kier alpha value is -0.280. The molecule has 0 heterocycles. The van der Waals surface area contributed by atoms with Crippen molar-refractivity contribution in [2.75, 3.05) is 12.4 Å². The zero-order valence-corrected chi connectivity index (χ0v) is 10.6. The van der Waals surface area contributed by atoms with Crippen LogP contribution in [0.3, 0.4) is 0 Å². The molecule has 0 saturated heterocycles. The summed E-state index contributed by atoms with van der Waals surface area (Å²) in [6.07, 6.45) is 7.30. The highest BCUT2D eigenvalue weighted by molar-refractivity contribution is 6.17. The van der Waals surface area contributed by atoms with Crippen LogP contribution in [0.25, 0.3) is 0 Å². The summed E-state index contributed by atoms with van der Waals surface area (Å²) in [6, 6.07) is 0. The molecule has 0 aromatic rings. The summed E-state index contributed by atoms with van der Waals surface area (Å²) in [7, 11) is 0. The average Bonchev–Trinajstić information content (AvgIpc) is 2.49. The molecular weight excluding hydrogens is 226 g/mol. The van der Waals surface area contributed by atoms with Gasteiger partial charge in [0.2, 0.25) is 5.91 Å². The quantitative estimate of drug-likeness (QED) is 0.578. The lowest BCUT2D eigenvalue weighted by Gasteiger charge is -2.26. The van der Waals surface area contributed by atoms with Crippen LogP contribution in [0, 0.1) is 0 Å². The molecule has 0 atom stereocenters. The van der Waals surface area contributed by atoms with Gasteiger partial charge in [-0.15, -0.1) is 11.6 Å². The largest absolute Gasteiger partial charge is 0.388 e. The maximum absolute atomic E-state index is 11.4. The molecule has 0 radical (unpaired) electrons. The summed E-state index contributed by atoms with van der Waals surface area (Å²) in [6.45, 7) is 0.397. The van der Waals surface area contributed by atoms with Gasteiger partial charge in [0.1, 0.15) is 0 Å². The monoisotopic (exact) mass is 247 g/mol. The maximum Gasteiger partial charge on any atom is 0.220 e. The minimum absolute atomic E-state index is 0.00155. The summed E-state index contributed by atoms with van der Waals surface area (Å²) >= 11 is 5.51. The van der Waals surface area contributed by atoms with Crippen LogP contribution >= 0.6 is 11.6 Å². The molecule has 0 aliphatic heterocycles. The molecule has 1 fully saturated rings. The smallest absolute Gasteiger partial charge is 0.220 e. The van der Waals surface area contributed by atoms with E-state index in [0.29, 0.717) is 25.3 Å². The van der Waals surface area contributed by atoms with Crippen LogP contribution in [0.4, 0.5) is 0 Å². The fourth-order valence-corrected chi connectivity index (χ4v) is 2.28. The summed E-state index contributed by atoms with van der Waals surface area (Å²) in [5.41, 5.74) is -0.673. The Kier molecular flexibility index (Phi) is 6.14. The lowest BCUT2D eigenvalue weighted by atomic mass is 9.94. The Morgan fingerprint density at radius 1 is 1.25 bits per heavy atom. The van der Waals surface area contributed by atoms with Crippen molar-refractivity contribution < 1.29 is 9.90 Å². The molecule has 1 amide bonds. The second kappa shape index (κ2) is 7.13. The first-order chi connectivity index (χ1) is 7.66. The minimum atomic E-state index is -0.673. The molecule has 0 aromatic heterocycles. The van der Waals surface area contributed by atoms with Crippen LogP contribution < -0.4 is 5.32 Å². The molecule has 0 aromatic carbocycles. The first-order valence-electron chi connectivity index (χ1n) is 6.21. The number of hydrogen-bond acceptors (Lipinski definition) is 2. The van der Waals surface area contributed by atoms with Crippen molar-refractivity contribution in [1.29, 1.82) is 0 Å². The van der Waals surface area contributed by atoms with Crippen LogP contribution in [0.1, 0.15) is 51.4 Å². The molecule has 1 saturated carbocycles. The highest BCUT2D eigenvalue weighted by Gasteiger charge is 2.28. The lowest BCUT2D eigenvalue weighted by Crippen LogP contribution is -2.42. The predicted molar refractivity (Wildman–Crippen MR) is 65.6 cm³/mol.